The van der Waals surface area contributed by atoms with Crippen molar-refractivity contribution in [1.82, 2.24) is 10.2 Å². The number of hydrogen-bond donors (Lipinski definition) is 1. The number of piperidine rings is 1. The minimum atomic E-state index is -0.395. The van der Waals surface area contributed by atoms with Crippen molar-refractivity contribution in [3.05, 3.63) is 70.8 Å². The molecule has 144 valence electrons. The van der Waals surface area contributed by atoms with Crippen LogP contribution in [0.3, 0.4) is 0 Å². The van der Waals surface area contributed by atoms with Crippen molar-refractivity contribution in [2.24, 2.45) is 0 Å². The number of nitrogens with zero attached hydrogens (tertiary/aromatic N) is 1. The van der Waals surface area contributed by atoms with E-state index >= 15 is 0 Å². The summed E-state index contributed by atoms with van der Waals surface area (Å²) in [4.78, 5) is 38.4. The number of fused-ring (bicyclic) bond motifs is 3. The van der Waals surface area contributed by atoms with Gasteiger partial charge < -0.3 is 15.0 Å². The van der Waals surface area contributed by atoms with E-state index in [1.54, 1.807) is 12.1 Å². The van der Waals surface area contributed by atoms with Gasteiger partial charge in [-0.2, -0.15) is 0 Å². The van der Waals surface area contributed by atoms with Gasteiger partial charge in [0.1, 0.15) is 0 Å². The van der Waals surface area contributed by atoms with Crippen LogP contribution < -0.4 is 5.32 Å². The van der Waals surface area contributed by atoms with E-state index in [1.807, 2.05) is 41.3 Å². The van der Waals surface area contributed by atoms with E-state index in [-0.39, 0.29) is 29.9 Å². The first-order valence-electron chi connectivity index (χ1n) is 9.36. The van der Waals surface area contributed by atoms with Crippen LogP contribution in [-0.2, 0) is 9.53 Å². The van der Waals surface area contributed by atoms with Crippen LogP contribution in [0.15, 0.2) is 48.5 Å². The van der Waals surface area contributed by atoms with Gasteiger partial charge >= 0.3 is 5.97 Å². The molecule has 0 bridgehead atoms. The Balaban J connectivity index is 1.71. The lowest BCUT2D eigenvalue weighted by Gasteiger charge is -2.42. The van der Waals surface area contributed by atoms with Gasteiger partial charge in [-0.05, 0) is 42.2 Å². The maximum atomic E-state index is 13.1. The number of esters is 1. The minimum absolute atomic E-state index is 0.0175. The zero-order chi connectivity index (χ0) is 19.8. The molecule has 6 nitrogen and oxygen atoms in total. The SMILES string of the molecule is COC(=O)c1ccc(C2CC(NC(C)=O)CC3c4ccccc4C(=O)N23)cc1. The predicted octanol–water partition coefficient (Wildman–Crippen LogP) is 3.01. The molecule has 6 heteroatoms. The minimum Gasteiger partial charge on any atom is -0.465 e. The highest BCUT2D eigenvalue weighted by atomic mass is 16.5. The van der Waals surface area contributed by atoms with Crippen molar-refractivity contribution >= 4 is 17.8 Å². The van der Waals surface area contributed by atoms with Gasteiger partial charge in [0.2, 0.25) is 5.91 Å². The highest BCUT2D eigenvalue weighted by Gasteiger charge is 2.46. The van der Waals surface area contributed by atoms with Crippen molar-refractivity contribution in [2.45, 2.75) is 37.9 Å². The Morgan fingerprint density at radius 1 is 1.04 bits per heavy atom. The molecule has 0 radical (unpaired) electrons. The summed E-state index contributed by atoms with van der Waals surface area (Å²) in [6.07, 6.45) is 1.33. The third-order valence-corrected chi connectivity index (χ3v) is 5.60. The first-order valence-corrected chi connectivity index (χ1v) is 9.36. The van der Waals surface area contributed by atoms with E-state index in [2.05, 4.69) is 5.32 Å². The van der Waals surface area contributed by atoms with Gasteiger partial charge in [0.25, 0.3) is 5.91 Å². The molecule has 1 N–H and O–H groups in total. The molecule has 28 heavy (non-hydrogen) atoms. The molecule has 3 unspecified atom stereocenters. The lowest BCUT2D eigenvalue weighted by molar-refractivity contribution is -0.120. The second-order valence-corrected chi connectivity index (χ2v) is 7.31. The molecule has 2 amide bonds. The smallest absolute Gasteiger partial charge is 0.337 e. The van der Waals surface area contributed by atoms with E-state index in [0.717, 1.165) is 16.7 Å². The number of carbonyl (C=O) groups excluding carboxylic acids is 3. The van der Waals surface area contributed by atoms with Gasteiger partial charge in [0.05, 0.1) is 24.8 Å². The Bertz CT molecular complexity index is 938. The van der Waals surface area contributed by atoms with Crippen LogP contribution in [0.25, 0.3) is 0 Å². The van der Waals surface area contributed by atoms with E-state index < -0.39 is 5.97 Å². The van der Waals surface area contributed by atoms with Crippen LogP contribution in [0.2, 0.25) is 0 Å². The molecule has 0 aromatic heterocycles. The predicted molar refractivity (Wildman–Crippen MR) is 103 cm³/mol. The molecule has 0 aliphatic carbocycles. The van der Waals surface area contributed by atoms with Gasteiger partial charge in [-0.3, -0.25) is 9.59 Å². The maximum Gasteiger partial charge on any atom is 0.337 e. The fraction of sp³-hybridized carbons (Fsp3) is 0.318. The normalized spacial score (nSPS) is 23.0. The number of methoxy groups -OCH3 is 1. The van der Waals surface area contributed by atoms with Crippen molar-refractivity contribution in [3.63, 3.8) is 0 Å². The summed E-state index contributed by atoms with van der Waals surface area (Å²) in [5.41, 5.74) is 3.15. The summed E-state index contributed by atoms with van der Waals surface area (Å²) < 4.78 is 4.76. The summed E-state index contributed by atoms with van der Waals surface area (Å²) in [6.45, 7) is 1.51. The first kappa shape index (κ1) is 18.2. The van der Waals surface area contributed by atoms with Gasteiger partial charge in [0, 0.05) is 18.5 Å². The third kappa shape index (κ3) is 3.05. The highest BCUT2D eigenvalue weighted by Crippen LogP contribution is 2.47. The van der Waals surface area contributed by atoms with Gasteiger partial charge in [0.15, 0.2) is 0 Å². The number of carbonyl (C=O) groups is 3. The molecule has 3 atom stereocenters. The fourth-order valence-corrected chi connectivity index (χ4v) is 4.42. The van der Waals surface area contributed by atoms with Crippen LogP contribution in [0.1, 0.15) is 63.7 Å². The molecule has 1 fully saturated rings. The number of hydrogen-bond acceptors (Lipinski definition) is 4. The summed E-state index contributed by atoms with van der Waals surface area (Å²) in [5.74, 6) is -0.450. The van der Waals surface area contributed by atoms with Crippen LogP contribution in [0.4, 0.5) is 0 Å². The number of nitrogens with one attached hydrogen (secondary N) is 1. The Kier molecular flexibility index (Phi) is 4.63. The summed E-state index contributed by atoms with van der Waals surface area (Å²) in [5, 5.41) is 3.03. The molecule has 1 saturated heterocycles. The van der Waals surface area contributed by atoms with Crippen LogP contribution in [-0.4, -0.2) is 35.8 Å². The second-order valence-electron chi connectivity index (χ2n) is 7.31. The average Bonchev–Trinajstić information content (AvgIpc) is 2.99. The van der Waals surface area contributed by atoms with Gasteiger partial charge in [-0.15, -0.1) is 0 Å². The Morgan fingerprint density at radius 3 is 2.39 bits per heavy atom. The molecule has 4 rings (SSSR count). The number of ether oxygens (including phenoxy) is 1. The molecular weight excluding hydrogens is 356 g/mol. The number of benzene rings is 2. The topological polar surface area (TPSA) is 75.7 Å². The monoisotopic (exact) mass is 378 g/mol. The van der Waals surface area contributed by atoms with Crippen LogP contribution in [0.5, 0.6) is 0 Å². The van der Waals surface area contributed by atoms with Crippen molar-refractivity contribution in [3.8, 4) is 0 Å². The summed E-state index contributed by atoms with van der Waals surface area (Å²) >= 11 is 0. The Labute approximate surface area is 163 Å². The quantitative estimate of drug-likeness (QED) is 0.833. The van der Waals surface area contributed by atoms with Gasteiger partial charge in [-0.1, -0.05) is 30.3 Å². The van der Waals surface area contributed by atoms with Crippen LogP contribution >= 0.6 is 0 Å². The van der Waals surface area contributed by atoms with Gasteiger partial charge in [-0.25, -0.2) is 4.79 Å². The molecule has 2 aromatic rings. The van der Waals surface area contributed by atoms with E-state index in [9.17, 15) is 14.4 Å². The van der Waals surface area contributed by atoms with Crippen molar-refractivity contribution < 1.29 is 19.1 Å². The number of amides is 2. The Hall–Kier alpha value is -3.15. The third-order valence-electron chi connectivity index (χ3n) is 5.60. The van der Waals surface area contributed by atoms with Crippen LogP contribution in [0, 0.1) is 0 Å². The molecule has 2 heterocycles. The zero-order valence-corrected chi connectivity index (χ0v) is 15.8. The highest BCUT2D eigenvalue weighted by molar-refractivity contribution is 5.99. The van der Waals surface area contributed by atoms with Crippen molar-refractivity contribution in [2.75, 3.05) is 7.11 Å². The molecule has 2 aliphatic rings. The maximum absolute atomic E-state index is 13.1. The molecule has 0 saturated carbocycles. The molecule has 0 spiro atoms. The lowest BCUT2D eigenvalue weighted by atomic mass is 9.86. The number of rotatable bonds is 3. The molecule has 2 aliphatic heterocycles. The standard InChI is InChI=1S/C22H22N2O4/c1-13(25)23-16-11-19(14-7-9-15(10-8-14)22(27)28-2)24-20(12-16)17-5-3-4-6-18(17)21(24)26/h3-10,16,19-20H,11-12H2,1-2H3,(H,23,25). The largest absolute Gasteiger partial charge is 0.465 e. The average molecular weight is 378 g/mol. The summed E-state index contributed by atoms with van der Waals surface area (Å²) in [7, 11) is 1.35. The zero-order valence-electron chi connectivity index (χ0n) is 15.8. The van der Waals surface area contributed by atoms with E-state index in [1.165, 1.54) is 14.0 Å². The first-order chi connectivity index (χ1) is 13.5. The Morgan fingerprint density at radius 2 is 1.71 bits per heavy atom. The lowest BCUT2D eigenvalue weighted by Crippen LogP contribution is -2.46. The summed E-state index contributed by atoms with van der Waals surface area (Å²) in [6, 6.07) is 14.5. The fourth-order valence-electron chi connectivity index (χ4n) is 4.42. The van der Waals surface area contributed by atoms with E-state index in [0.29, 0.717) is 18.4 Å². The second kappa shape index (κ2) is 7.11. The molecular formula is C22H22N2O4. The molecule has 2 aromatic carbocycles. The van der Waals surface area contributed by atoms with Crippen molar-refractivity contribution in [1.29, 1.82) is 0 Å². The van der Waals surface area contributed by atoms with E-state index in [4.69, 9.17) is 4.74 Å².